The maximum absolute atomic E-state index is 3.90. The fourth-order valence-corrected chi connectivity index (χ4v) is 2.42. The van der Waals surface area contributed by atoms with Gasteiger partial charge in [0.2, 0.25) is 0 Å². The van der Waals surface area contributed by atoms with Crippen LogP contribution >= 0.6 is 0 Å². The molecule has 2 aliphatic rings. The highest BCUT2D eigenvalue weighted by Gasteiger charge is 2.43. The number of fused-ring (bicyclic) bond motifs is 2. The maximum atomic E-state index is 3.90. The van der Waals surface area contributed by atoms with Crippen LogP contribution in [0, 0.1) is 17.3 Å². The van der Waals surface area contributed by atoms with Crippen LogP contribution in [0.2, 0.25) is 0 Å². The van der Waals surface area contributed by atoms with Crippen molar-refractivity contribution in [2.24, 2.45) is 17.3 Å². The normalized spacial score (nSPS) is 46.2. The Morgan fingerprint density at radius 3 is 2.64 bits per heavy atom. The van der Waals surface area contributed by atoms with Crippen LogP contribution < -0.4 is 0 Å². The third kappa shape index (κ3) is 0.819. The summed E-state index contributed by atoms with van der Waals surface area (Å²) in [5.41, 5.74) is 0.337. The first-order valence-electron chi connectivity index (χ1n) is 4.25. The Balaban J connectivity index is 2.28. The summed E-state index contributed by atoms with van der Waals surface area (Å²) in [4.78, 5) is 0. The second kappa shape index (κ2) is 2.10. The first-order chi connectivity index (χ1) is 5.29. The Kier molecular flexibility index (Phi) is 1.32. The average Bonchev–Trinajstić information content (AvgIpc) is 2.61. The van der Waals surface area contributed by atoms with Crippen LogP contribution in [0.5, 0.6) is 0 Å². The van der Waals surface area contributed by atoms with Crippen molar-refractivity contribution < 1.29 is 0 Å². The molecule has 0 aliphatic heterocycles. The van der Waals surface area contributed by atoms with E-state index >= 15 is 0 Å². The molecule has 2 aliphatic carbocycles. The molecule has 3 unspecified atom stereocenters. The lowest BCUT2D eigenvalue weighted by atomic mass is 9.85. The lowest BCUT2D eigenvalue weighted by Crippen LogP contribution is -2.09. The van der Waals surface area contributed by atoms with Crippen LogP contribution in [0.15, 0.2) is 37.5 Å². The second-order valence-corrected chi connectivity index (χ2v) is 3.77. The molecule has 0 aromatic carbocycles. The molecule has 0 heteroatoms. The van der Waals surface area contributed by atoms with Gasteiger partial charge >= 0.3 is 0 Å². The van der Waals surface area contributed by atoms with Crippen molar-refractivity contribution in [2.75, 3.05) is 0 Å². The topological polar surface area (TPSA) is 0 Å². The predicted octanol–water partition coefficient (Wildman–Crippen LogP) is 2.94. The predicted molar refractivity (Wildman–Crippen MR) is 48.2 cm³/mol. The highest BCUT2D eigenvalue weighted by molar-refractivity contribution is 5.25. The van der Waals surface area contributed by atoms with Gasteiger partial charge in [-0.05, 0) is 24.7 Å². The van der Waals surface area contributed by atoms with Crippen molar-refractivity contribution in [2.45, 2.75) is 12.8 Å². The summed E-state index contributed by atoms with van der Waals surface area (Å²) in [5, 5.41) is 0. The zero-order valence-corrected chi connectivity index (χ0v) is 6.79. The van der Waals surface area contributed by atoms with Gasteiger partial charge in [0.15, 0.2) is 0 Å². The summed E-state index contributed by atoms with van der Waals surface area (Å²) in [6.45, 7) is 7.75. The molecule has 1 fully saturated rings. The molecule has 58 valence electrons. The van der Waals surface area contributed by atoms with Gasteiger partial charge < -0.3 is 0 Å². The van der Waals surface area contributed by atoms with Gasteiger partial charge in [-0.1, -0.05) is 24.3 Å². The van der Waals surface area contributed by atoms with Crippen molar-refractivity contribution in [3.8, 4) is 0 Å². The average molecular weight is 146 g/mol. The third-order valence-electron chi connectivity index (χ3n) is 3.17. The van der Waals surface area contributed by atoms with Gasteiger partial charge in [-0.2, -0.15) is 0 Å². The summed E-state index contributed by atoms with van der Waals surface area (Å²) in [6.07, 6.45) is 11.4. The first-order valence-corrected chi connectivity index (χ1v) is 4.25. The van der Waals surface area contributed by atoms with E-state index in [9.17, 15) is 0 Å². The second-order valence-electron chi connectivity index (χ2n) is 3.77. The van der Waals surface area contributed by atoms with Gasteiger partial charge in [0, 0.05) is 5.41 Å². The molecule has 0 heterocycles. The highest BCUT2D eigenvalue weighted by Crippen LogP contribution is 2.53. The molecule has 0 amide bonds. The zero-order valence-electron chi connectivity index (χ0n) is 6.79. The molecule has 3 atom stereocenters. The van der Waals surface area contributed by atoms with Crippen LogP contribution in [0.4, 0.5) is 0 Å². The lowest BCUT2D eigenvalue weighted by molar-refractivity contribution is 0.497. The van der Waals surface area contributed by atoms with E-state index in [4.69, 9.17) is 0 Å². The Morgan fingerprint density at radius 1 is 1.36 bits per heavy atom. The monoisotopic (exact) mass is 146 g/mol. The van der Waals surface area contributed by atoms with Gasteiger partial charge in [0.1, 0.15) is 0 Å². The quantitative estimate of drug-likeness (QED) is 0.525. The minimum atomic E-state index is 0.337. The van der Waals surface area contributed by atoms with E-state index in [2.05, 4.69) is 37.5 Å². The number of hydrogen-bond donors (Lipinski definition) is 0. The third-order valence-corrected chi connectivity index (χ3v) is 3.17. The largest absolute Gasteiger partial charge is 0.103 e. The van der Waals surface area contributed by atoms with Crippen LogP contribution in [0.25, 0.3) is 0 Å². The van der Waals surface area contributed by atoms with E-state index in [1.165, 1.54) is 12.8 Å². The van der Waals surface area contributed by atoms with Crippen molar-refractivity contribution in [3.63, 3.8) is 0 Å². The smallest absolute Gasteiger partial charge is 0.00700 e. The van der Waals surface area contributed by atoms with E-state index in [0.717, 1.165) is 5.92 Å². The van der Waals surface area contributed by atoms with Crippen molar-refractivity contribution in [1.29, 1.82) is 0 Å². The van der Waals surface area contributed by atoms with Crippen LogP contribution in [0.1, 0.15) is 12.8 Å². The zero-order chi connectivity index (χ0) is 7.90. The number of hydrogen-bond acceptors (Lipinski definition) is 0. The maximum Gasteiger partial charge on any atom is 0.00700 e. The molecule has 0 saturated heterocycles. The van der Waals surface area contributed by atoms with Crippen LogP contribution in [0.3, 0.4) is 0 Å². The molecule has 11 heavy (non-hydrogen) atoms. The molecule has 0 nitrogen and oxygen atoms in total. The SMILES string of the molecule is C=CC1CC2(C=C)C=CC1C2. The van der Waals surface area contributed by atoms with Crippen molar-refractivity contribution in [1.82, 2.24) is 0 Å². The number of allylic oxidation sites excluding steroid dienone is 4. The lowest BCUT2D eigenvalue weighted by Gasteiger charge is -2.20. The van der Waals surface area contributed by atoms with E-state index in [-0.39, 0.29) is 0 Å². The van der Waals surface area contributed by atoms with Crippen LogP contribution in [-0.4, -0.2) is 0 Å². The summed E-state index contributed by atoms with van der Waals surface area (Å²) in [7, 11) is 0. The van der Waals surface area contributed by atoms with Crippen molar-refractivity contribution >= 4 is 0 Å². The standard InChI is InChI=1S/C11H14/c1-3-9-7-11(4-2)6-5-10(9)8-11/h3-6,9-10H,1-2,7-8H2. The fourth-order valence-electron chi connectivity index (χ4n) is 2.42. The Bertz CT molecular complexity index is 224. The molecule has 0 aromatic rings. The first kappa shape index (κ1) is 6.90. The molecule has 2 bridgehead atoms. The summed E-state index contributed by atoms with van der Waals surface area (Å²) in [5.74, 6) is 1.46. The van der Waals surface area contributed by atoms with Gasteiger partial charge in [0.25, 0.3) is 0 Å². The molecule has 0 radical (unpaired) electrons. The summed E-state index contributed by atoms with van der Waals surface area (Å²) >= 11 is 0. The van der Waals surface area contributed by atoms with E-state index in [1.54, 1.807) is 0 Å². The molecular weight excluding hydrogens is 132 g/mol. The minimum Gasteiger partial charge on any atom is -0.103 e. The molecule has 0 N–H and O–H groups in total. The molecule has 0 spiro atoms. The van der Waals surface area contributed by atoms with Gasteiger partial charge in [-0.25, -0.2) is 0 Å². The van der Waals surface area contributed by atoms with Gasteiger partial charge in [-0.15, -0.1) is 13.2 Å². The highest BCUT2D eigenvalue weighted by atomic mass is 14.5. The van der Waals surface area contributed by atoms with Crippen LogP contribution in [-0.2, 0) is 0 Å². The molecule has 1 saturated carbocycles. The number of rotatable bonds is 2. The van der Waals surface area contributed by atoms with Crippen molar-refractivity contribution in [3.05, 3.63) is 37.5 Å². The molecule has 0 aromatic heterocycles. The van der Waals surface area contributed by atoms with E-state index in [0.29, 0.717) is 11.3 Å². The van der Waals surface area contributed by atoms with Gasteiger partial charge in [0.05, 0.1) is 0 Å². The fraction of sp³-hybridized carbons (Fsp3) is 0.455. The Labute approximate surface area is 68.3 Å². The van der Waals surface area contributed by atoms with E-state index < -0.39 is 0 Å². The Hall–Kier alpha value is -0.780. The van der Waals surface area contributed by atoms with E-state index in [1.807, 2.05) is 0 Å². The summed E-state index contributed by atoms with van der Waals surface area (Å²) in [6, 6.07) is 0. The minimum absolute atomic E-state index is 0.337. The molecular formula is C11H14. The Morgan fingerprint density at radius 2 is 2.18 bits per heavy atom. The summed E-state index contributed by atoms with van der Waals surface area (Å²) < 4.78 is 0. The van der Waals surface area contributed by atoms with Gasteiger partial charge in [-0.3, -0.25) is 0 Å². The molecule has 2 rings (SSSR count).